The lowest BCUT2D eigenvalue weighted by atomic mass is 10.3. The van der Waals surface area contributed by atoms with Crippen LogP contribution in [0.4, 0.5) is 0 Å². The summed E-state index contributed by atoms with van der Waals surface area (Å²) in [6.07, 6.45) is 1.54. The van der Waals surface area contributed by atoms with Crippen LogP contribution in [-0.4, -0.2) is 37.7 Å². The summed E-state index contributed by atoms with van der Waals surface area (Å²) in [5.74, 6) is -0.330. The number of aldehydes is 1. The molecular formula is C9H17N3O3. The maximum absolute atomic E-state index is 11.1. The Kier molecular flexibility index (Phi) is 8.27. The van der Waals surface area contributed by atoms with Crippen molar-refractivity contribution in [1.82, 2.24) is 10.6 Å². The molecule has 0 aliphatic carbocycles. The lowest BCUT2D eigenvalue weighted by Gasteiger charge is -2.04. The molecule has 6 nitrogen and oxygen atoms in total. The highest BCUT2D eigenvalue weighted by Crippen LogP contribution is 1.80. The molecule has 86 valence electrons. The van der Waals surface area contributed by atoms with Gasteiger partial charge in [0.15, 0.2) is 0 Å². The summed E-state index contributed by atoms with van der Waals surface area (Å²) in [7, 11) is 0. The fourth-order valence-corrected chi connectivity index (χ4v) is 0.894. The van der Waals surface area contributed by atoms with Crippen LogP contribution in [0.15, 0.2) is 0 Å². The van der Waals surface area contributed by atoms with E-state index in [-0.39, 0.29) is 24.7 Å². The van der Waals surface area contributed by atoms with Gasteiger partial charge in [-0.1, -0.05) is 0 Å². The van der Waals surface area contributed by atoms with Gasteiger partial charge >= 0.3 is 0 Å². The quantitative estimate of drug-likeness (QED) is 0.340. The standard InChI is InChI=1S/C9H17N3O3/c10-4-2-8(14)12-6-3-9(15)11-5-1-7-13/h7H,1-6,10H2,(H,11,15)(H,12,14). The van der Waals surface area contributed by atoms with E-state index in [1.165, 1.54) is 0 Å². The molecule has 15 heavy (non-hydrogen) atoms. The summed E-state index contributed by atoms with van der Waals surface area (Å²) >= 11 is 0. The van der Waals surface area contributed by atoms with E-state index in [9.17, 15) is 14.4 Å². The number of carbonyl (C=O) groups excluding carboxylic acids is 3. The molecule has 0 spiro atoms. The average Bonchev–Trinajstić information content (AvgIpc) is 2.18. The highest BCUT2D eigenvalue weighted by Gasteiger charge is 2.02. The van der Waals surface area contributed by atoms with Gasteiger partial charge in [-0.25, -0.2) is 0 Å². The molecule has 0 saturated carbocycles. The summed E-state index contributed by atoms with van der Waals surface area (Å²) in [6.45, 7) is 0.947. The fraction of sp³-hybridized carbons (Fsp3) is 0.667. The SMILES string of the molecule is NCCC(=O)NCCC(=O)NCCC=O. The van der Waals surface area contributed by atoms with Crippen LogP contribution < -0.4 is 16.4 Å². The van der Waals surface area contributed by atoms with E-state index in [1.54, 1.807) is 0 Å². The Morgan fingerprint density at radius 3 is 2.27 bits per heavy atom. The van der Waals surface area contributed by atoms with Crippen molar-refractivity contribution in [3.8, 4) is 0 Å². The van der Waals surface area contributed by atoms with Gasteiger partial charge in [-0.3, -0.25) is 9.59 Å². The summed E-state index contributed by atoms with van der Waals surface area (Å²) < 4.78 is 0. The lowest BCUT2D eigenvalue weighted by molar-refractivity contribution is -0.122. The lowest BCUT2D eigenvalue weighted by Crippen LogP contribution is -2.31. The predicted octanol–water partition coefficient (Wildman–Crippen LogP) is -1.45. The first kappa shape index (κ1) is 13.6. The molecule has 0 aliphatic rings. The largest absolute Gasteiger partial charge is 0.356 e. The molecule has 0 aromatic heterocycles. The zero-order valence-corrected chi connectivity index (χ0v) is 8.62. The molecule has 0 radical (unpaired) electrons. The van der Waals surface area contributed by atoms with Crippen molar-refractivity contribution < 1.29 is 14.4 Å². The number of carbonyl (C=O) groups is 3. The van der Waals surface area contributed by atoms with Crippen molar-refractivity contribution in [2.45, 2.75) is 19.3 Å². The van der Waals surface area contributed by atoms with E-state index < -0.39 is 0 Å². The van der Waals surface area contributed by atoms with Crippen LogP contribution >= 0.6 is 0 Å². The van der Waals surface area contributed by atoms with E-state index in [4.69, 9.17) is 5.73 Å². The molecule has 0 heterocycles. The molecule has 4 N–H and O–H groups in total. The van der Waals surface area contributed by atoms with E-state index in [2.05, 4.69) is 10.6 Å². The number of hydrogen-bond acceptors (Lipinski definition) is 4. The molecule has 0 fully saturated rings. The second-order valence-electron chi connectivity index (χ2n) is 2.94. The second kappa shape index (κ2) is 9.14. The summed E-state index contributed by atoms with van der Waals surface area (Å²) in [5.41, 5.74) is 5.17. The Labute approximate surface area is 88.6 Å². The zero-order chi connectivity index (χ0) is 11.5. The van der Waals surface area contributed by atoms with Crippen LogP contribution in [-0.2, 0) is 14.4 Å². The Morgan fingerprint density at radius 2 is 1.67 bits per heavy atom. The number of nitrogens with two attached hydrogens (primary N) is 1. The number of amides is 2. The normalized spacial score (nSPS) is 9.40. The van der Waals surface area contributed by atoms with E-state index in [0.717, 1.165) is 6.29 Å². The van der Waals surface area contributed by atoms with Crippen LogP contribution in [0, 0.1) is 0 Å². The minimum absolute atomic E-state index is 0.154. The first-order valence-electron chi connectivity index (χ1n) is 4.87. The Bertz CT molecular complexity index is 219. The summed E-state index contributed by atoms with van der Waals surface area (Å²) in [4.78, 5) is 31.9. The molecular weight excluding hydrogens is 198 g/mol. The third-order valence-corrected chi connectivity index (χ3v) is 1.63. The predicted molar refractivity (Wildman–Crippen MR) is 55.0 cm³/mol. The van der Waals surface area contributed by atoms with Gasteiger partial charge in [0.25, 0.3) is 0 Å². The molecule has 6 heteroatoms. The van der Waals surface area contributed by atoms with Crippen LogP contribution in [0.1, 0.15) is 19.3 Å². The van der Waals surface area contributed by atoms with Crippen molar-refractivity contribution in [2.75, 3.05) is 19.6 Å². The van der Waals surface area contributed by atoms with E-state index in [1.807, 2.05) is 0 Å². The smallest absolute Gasteiger partial charge is 0.221 e. The first-order chi connectivity index (χ1) is 7.20. The minimum Gasteiger partial charge on any atom is -0.356 e. The van der Waals surface area contributed by atoms with Crippen molar-refractivity contribution in [1.29, 1.82) is 0 Å². The highest BCUT2D eigenvalue weighted by molar-refractivity contribution is 5.79. The number of nitrogens with one attached hydrogen (secondary N) is 2. The fourth-order valence-electron chi connectivity index (χ4n) is 0.894. The second-order valence-corrected chi connectivity index (χ2v) is 2.94. The van der Waals surface area contributed by atoms with Gasteiger partial charge < -0.3 is 21.2 Å². The van der Waals surface area contributed by atoms with Crippen molar-refractivity contribution in [2.24, 2.45) is 5.73 Å². The van der Waals surface area contributed by atoms with Gasteiger partial charge in [0.05, 0.1) is 0 Å². The van der Waals surface area contributed by atoms with Gasteiger partial charge in [0.2, 0.25) is 11.8 Å². The van der Waals surface area contributed by atoms with Crippen molar-refractivity contribution in [3.63, 3.8) is 0 Å². The van der Waals surface area contributed by atoms with E-state index >= 15 is 0 Å². The van der Waals surface area contributed by atoms with Gasteiger partial charge in [-0.05, 0) is 0 Å². The molecule has 2 amide bonds. The maximum Gasteiger partial charge on any atom is 0.221 e. The van der Waals surface area contributed by atoms with Gasteiger partial charge in [0, 0.05) is 38.9 Å². The van der Waals surface area contributed by atoms with Crippen LogP contribution in [0.5, 0.6) is 0 Å². The van der Waals surface area contributed by atoms with Crippen LogP contribution in [0.25, 0.3) is 0 Å². The molecule has 0 aromatic rings. The first-order valence-corrected chi connectivity index (χ1v) is 4.87. The van der Waals surface area contributed by atoms with Crippen LogP contribution in [0.3, 0.4) is 0 Å². The Hall–Kier alpha value is -1.43. The molecule has 0 aromatic carbocycles. The molecule has 0 atom stereocenters. The van der Waals surface area contributed by atoms with Crippen molar-refractivity contribution >= 4 is 18.1 Å². The Balaban J connectivity index is 3.38. The third-order valence-electron chi connectivity index (χ3n) is 1.63. The topological polar surface area (TPSA) is 101 Å². The zero-order valence-electron chi connectivity index (χ0n) is 8.62. The van der Waals surface area contributed by atoms with Gasteiger partial charge in [-0.15, -0.1) is 0 Å². The minimum atomic E-state index is -0.176. The molecule has 0 saturated heterocycles. The average molecular weight is 215 g/mol. The van der Waals surface area contributed by atoms with Gasteiger partial charge in [-0.2, -0.15) is 0 Å². The monoisotopic (exact) mass is 215 g/mol. The van der Waals surface area contributed by atoms with Crippen molar-refractivity contribution in [3.05, 3.63) is 0 Å². The molecule has 0 bridgehead atoms. The number of rotatable bonds is 8. The molecule has 0 unspecified atom stereocenters. The van der Waals surface area contributed by atoms with E-state index in [0.29, 0.717) is 26.1 Å². The summed E-state index contributed by atoms with van der Waals surface area (Å²) in [6, 6.07) is 0. The maximum atomic E-state index is 11.1. The number of hydrogen-bond donors (Lipinski definition) is 3. The van der Waals surface area contributed by atoms with Crippen LogP contribution in [0.2, 0.25) is 0 Å². The molecule has 0 rings (SSSR count). The van der Waals surface area contributed by atoms with Gasteiger partial charge in [0.1, 0.15) is 6.29 Å². The highest BCUT2D eigenvalue weighted by atomic mass is 16.2. The Morgan fingerprint density at radius 1 is 1.07 bits per heavy atom. The summed E-state index contributed by atoms with van der Waals surface area (Å²) in [5, 5.41) is 5.10. The molecule has 0 aliphatic heterocycles. The third kappa shape index (κ3) is 8.89.